The van der Waals surface area contributed by atoms with Crippen LogP contribution in [-0.4, -0.2) is 0 Å². The summed E-state index contributed by atoms with van der Waals surface area (Å²) in [5.74, 6) is 0.440. The van der Waals surface area contributed by atoms with Gasteiger partial charge in [0.15, 0.2) is 0 Å². The Kier molecular flexibility index (Phi) is 7.15. The Morgan fingerprint density at radius 3 is 1.87 bits per heavy atom. The van der Waals surface area contributed by atoms with E-state index < -0.39 is 5.41 Å². The second kappa shape index (κ2) is 10.5. The maximum atomic E-state index is 4.13. The minimum Gasteiger partial charge on any atom is -0.0991 e. The van der Waals surface area contributed by atoms with Gasteiger partial charge in [-0.15, -0.1) is 0 Å². The highest BCUT2D eigenvalue weighted by atomic mass is 14.5. The lowest BCUT2D eigenvalue weighted by Gasteiger charge is -2.31. The van der Waals surface area contributed by atoms with Crippen LogP contribution >= 0.6 is 0 Å². The summed E-state index contributed by atoms with van der Waals surface area (Å²) in [6.45, 7) is 19.2. The van der Waals surface area contributed by atoms with E-state index in [1.54, 1.807) is 0 Å². The molecule has 0 nitrogen and oxygen atoms in total. The zero-order valence-corrected chi connectivity index (χ0v) is 23.9. The predicted molar refractivity (Wildman–Crippen MR) is 172 cm³/mol. The van der Waals surface area contributed by atoms with E-state index in [2.05, 4.69) is 145 Å². The van der Waals surface area contributed by atoms with E-state index in [0.717, 1.165) is 0 Å². The second-order valence-electron chi connectivity index (χ2n) is 10.6. The standard InChI is InChI=1S/C39H38/c1-8-15-27-20-21-28(24-34(27)26(6)7)29-22-23-33-31(12-5)36(17-10-3)39(38(33)25-29)35(16-9-2)30(11-4)32-18-13-14-19-37(32)39/h8-26H,2-3H2,1,4-7H3/b15-8-,30-11-,31-12-,35-16+,36-17+. The first-order valence-electron chi connectivity index (χ1n) is 14.0. The average molecular weight is 507 g/mol. The SMILES string of the molecule is C=C/C=C1\C(=C/C)c2ccccc2C12C(=C/C=C)/C(=C\C)c1ccc(-c3ccc(/C=C\C)c(C(C)C)c3)cc12. The molecular formula is C39H38. The fraction of sp³-hybridized carbons (Fsp3) is 0.179. The van der Waals surface area contributed by atoms with Crippen molar-refractivity contribution in [1.29, 1.82) is 0 Å². The third-order valence-electron chi connectivity index (χ3n) is 8.26. The Bertz CT molecular complexity index is 1610. The first-order valence-corrected chi connectivity index (χ1v) is 14.0. The van der Waals surface area contributed by atoms with Crippen molar-refractivity contribution in [2.45, 2.75) is 46.0 Å². The molecule has 0 heteroatoms. The summed E-state index contributed by atoms with van der Waals surface area (Å²) in [6.07, 6.45) is 17.1. The van der Waals surface area contributed by atoms with Crippen LogP contribution in [0.5, 0.6) is 0 Å². The van der Waals surface area contributed by atoms with Crippen LogP contribution in [-0.2, 0) is 5.41 Å². The van der Waals surface area contributed by atoms with Gasteiger partial charge in [-0.05, 0) is 99.6 Å². The number of hydrogen-bond acceptors (Lipinski definition) is 0. The fourth-order valence-electron chi connectivity index (χ4n) is 6.75. The topological polar surface area (TPSA) is 0 Å². The van der Waals surface area contributed by atoms with E-state index >= 15 is 0 Å². The van der Waals surface area contributed by atoms with Crippen LogP contribution < -0.4 is 0 Å². The van der Waals surface area contributed by atoms with Gasteiger partial charge >= 0.3 is 0 Å². The Hall–Kier alpha value is -4.16. The van der Waals surface area contributed by atoms with Gasteiger partial charge in [0.1, 0.15) is 0 Å². The first kappa shape index (κ1) is 26.4. The molecule has 0 aliphatic heterocycles. The van der Waals surface area contributed by atoms with Crippen LogP contribution in [0, 0.1) is 0 Å². The number of hydrogen-bond donors (Lipinski definition) is 0. The summed E-state index contributed by atoms with van der Waals surface area (Å²) in [4.78, 5) is 0. The Morgan fingerprint density at radius 1 is 0.692 bits per heavy atom. The van der Waals surface area contributed by atoms with Crippen LogP contribution in [0.4, 0.5) is 0 Å². The van der Waals surface area contributed by atoms with Crippen LogP contribution in [0.3, 0.4) is 0 Å². The van der Waals surface area contributed by atoms with Crippen LogP contribution in [0.15, 0.2) is 127 Å². The molecule has 0 bridgehead atoms. The molecule has 0 N–H and O–H groups in total. The van der Waals surface area contributed by atoms with E-state index in [0.29, 0.717) is 5.92 Å². The van der Waals surface area contributed by atoms with Gasteiger partial charge in [-0.3, -0.25) is 0 Å². The largest absolute Gasteiger partial charge is 0.0991 e. The molecule has 3 aromatic carbocycles. The van der Waals surface area contributed by atoms with Gasteiger partial charge < -0.3 is 0 Å². The predicted octanol–water partition coefficient (Wildman–Crippen LogP) is 10.9. The third kappa shape index (κ3) is 3.90. The minimum absolute atomic E-state index is 0.431. The summed E-state index contributed by atoms with van der Waals surface area (Å²) >= 11 is 0. The van der Waals surface area contributed by atoms with Crippen LogP contribution in [0.1, 0.15) is 73.9 Å². The van der Waals surface area contributed by atoms with E-state index in [1.807, 2.05) is 12.2 Å². The van der Waals surface area contributed by atoms with Crippen LogP contribution in [0.25, 0.3) is 28.3 Å². The van der Waals surface area contributed by atoms with Crippen molar-refractivity contribution in [3.8, 4) is 11.1 Å². The zero-order chi connectivity index (χ0) is 27.7. The summed E-state index contributed by atoms with van der Waals surface area (Å²) in [6, 6.07) is 22.8. The molecule has 0 aromatic heterocycles. The number of benzene rings is 3. The van der Waals surface area contributed by atoms with Crippen molar-refractivity contribution in [3.05, 3.63) is 161 Å². The summed E-state index contributed by atoms with van der Waals surface area (Å²) in [7, 11) is 0. The molecule has 0 radical (unpaired) electrons. The van der Waals surface area contributed by atoms with Crippen molar-refractivity contribution < 1.29 is 0 Å². The summed E-state index contributed by atoms with van der Waals surface area (Å²) in [5.41, 5.74) is 15.0. The van der Waals surface area contributed by atoms with E-state index in [9.17, 15) is 0 Å². The molecule has 3 aromatic rings. The molecule has 1 unspecified atom stereocenters. The molecule has 2 aliphatic carbocycles. The number of fused-ring (bicyclic) bond motifs is 4. The molecule has 2 aliphatic rings. The molecule has 194 valence electrons. The second-order valence-corrected chi connectivity index (χ2v) is 10.6. The average Bonchev–Trinajstić information content (AvgIpc) is 3.38. The van der Waals surface area contributed by atoms with E-state index in [4.69, 9.17) is 0 Å². The Balaban J connectivity index is 1.88. The van der Waals surface area contributed by atoms with Gasteiger partial charge in [-0.2, -0.15) is 0 Å². The highest BCUT2D eigenvalue weighted by molar-refractivity contribution is 6.04. The van der Waals surface area contributed by atoms with Crippen molar-refractivity contribution in [2.24, 2.45) is 0 Å². The van der Waals surface area contributed by atoms with Crippen molar-refractivity contribution in [1.82, 2.24) is 0 Å². The maximum Gasteiger partial charge on any atom is 0.0725 e. The van der Waals surface area contributed by atoms with Gasteiger partial charge in [-0.25, -0.2) is 0 Å². The molecular weight excluding hydrogens is 468 g/mol. The fourth-order valence-corrected chi connectivity index (χ4v) is 6.75. The molecule has 1 atom stereocenters. The maximum absolute atomic E-state index is 4.13. The first-order chi connectivity index (χ1) is 19.0. The summed E-state index contributed by atoms with van der Waals surface area (Å²) < 4.78 is 0. The molecule has 5 rings (SSSR count). The van der Waals surface area contributed by atoms with E-state index in [-0.39, 0.29) is 0 Å². The van der Waals surface area contributed by atoms with Crippen molar-refractivity contribution >= 4 is 17.2 Å². The smallest absolute Gasteiger partial charge is 0.0725 e. The lowest BCUT2D eigenvalue weighted by molar-refractivity contribution is 0.795. The molecule has 0 amide bonds. The lowest BCUT2D eigenvalue weighted by atomic mass is 9.69. The quantitative estimate of drug-likeness (QED) is 0.323. The number of allylic oxidation sites excluding steroid dienone is 11. The molecule has 1 spiro atoms. The Morgan fingerprint density at radius 2 is 1.28 bits per heavy atom. The molecule has 0 heterocycles. The molecule has 0 fully saturated rings. The van der Waals surface area contributed by atoms with Gasteiger partial charge in [0.05, 0.1) is 5.41 Å². The van der Waals surface area contributed by atoms with E-state index in [1.165, 1.54) is 66.8 Å². The van der Waals surface area contributed by atoms with Crippen molar-refractivity contribution in [3.63, 3.8) is 0 Å². The third-order valence-corrected chi connectivity index (χ3v) is 8.26. The lowest BCUT2D eigenvalue weighted by Crippen LogP contribution is -2.26. The minimum atomic E-state index is -0.431. The Labute approximate surface area is 234 Å². The highest BCUT2D eigenvalue weighted by Gasteiger charge is 2.54. The van der Waals surface area contributed by atoms with Crippen molar-refractivity contribution in [2.75, 3.05) is 0 Å². The van der Waals surface area contributed by atoms with Gasteiger partial charge in [0.25, 0.3) is 0 Å². The van der Waals surface area contributed by atoms with Gasteiger partial charge in [-0.1, -0.05) is 130 Å². The number of rotatable bonds is 5. The molecule has 39 heavy (non-hydrogen) atoms. The van der Waals surface area contributed by atoms with Crippen LogP contribution in [0.2, 0.25) is 0 Å². The molecule has 0 saturated heterocycles. The highest BCUT2D eigenvalue weighted by Crippen LogP contribution is 2.64. The molecule has 0 saturated carbocycles. The monoisotopic (exact) mass is 506 g/mol. The zero-order valence-electron chi connectivity index (χ0n) is 23.9. The van der Waals surface area contributed by atoms with Gasteiger partial charge in [0, 0.05) is 0 Å². The summed E-state index contributed by atoms with van der Waals surface area (Å²) in [5, 5.41) is 0. The van der Waals surface area contributed by atoms with Gasteiger partial charge in [0.2, 0.25) is 0 Å². The normalized spacial score (nSPS) is 22.1.